The van der Waals surface area contributed by atoms with Crippen LogP contribution >= 0.6 is 0 Å². The number of piperidine rings is 1. The van der Waals surface area contributed by atoms with E-state index in [-0.39, 0.29) is 6.03 Å². The summed E-state index contributed by atoms with van der Waals surface area (Å²) >= 11 is 0. The zero-order valence-corrected chi connectivity index (χ0v) is 12.5. The van der Waals surface area contributed by atoms with Crippen molar-refractivity contribution in [3.8, 4) is 0 Å². The summed E-state index contributed by atoms with van der Waals surface area (Å²) in [4.78, 5) is 24.7. The normalized spacial score (nSPS) is 17.8. The van der Waals surface area contributed by atoms with Crippen LogP contribution < -0.4 is 5.32 Å². The van der Waals surface area contributed by atoms with Gasteiger partial charge in [0.25, 0.3) is 0 Å². The second kappa shape index (κ2) is 8.09. The Hall–Kier alpha value is -1.30. The fraction of sp³-hybridized carbons (Fsp3) is 0.857. The molecule has 1 heterocycles. The van der Waals surface area contributed by atoms with Crippen LogP contribution in [0.4, 0.5) is 4.79 Å². The van der Waals surface area contributed by atoms with Crippen molar-refractivity contribution in [1.82, 2.24) is 10.2 Å². The lowest BCUT2D eigenvalue weighted by molar-refractivity contribution is -0.150. The maximum atomic E-state index is 11.9. The van der Waals surface area contributed by atoms with Crippen LogP contribution in [0.3, 0.4) is 0 Å². The number of nitrogens with one attached hydrogen (secondary N) is 1. The molecule has 2 N–H and O–H groups in total. The van der Waals surface area contributed by atoms with Gasteiger partial charge in [0.05, 0.1) is 12.0 Å². The van der Waals surface area contributed by atoms with Crippen LogP contribution in [-0.2, 0) is 9.53 Å². The molecule has 0 unspecified atom stereocenters. The summed E-state index contributed by atoms with van der Waals surface area (Å²) in [5, 5.41) is 11.9. The van der Waals surface area contributed by atoms with Crippen LogP contribution in [0.15, 0.2) is 0 Å². The quantitative estimate of drug-likeness (QED) is 0.698. The number of unbranched alkanes of at least 4 members (excludes halogenated alkanes) is 1. The number of carboxylic acids is 1. The van der Waals surface area contributed by atoms with Crippen LogP contribution in [0.5, 0.6) is 0 Å². The van der Waals surface area contributed by atoms with Gasteiger partial charge in [0.2, 0.25) is 0 Å². The Balaban J connectivity index is 2.18. The third-order valence-corrected chi connectivity index (χ3v) is 3.84. The number of amides is 2. The van der Waals surface area contributed by atoms with E-state index in [0.29, 0.717) is 39.1 Å². The molecule has 0 aliphatic carbocycles. The standard InChI is InChI=1S/C14H26N2O4/c1-3-4-10-20-11-7-15-13(19)16-8-5-14(2,6-9-16)12(17)18/h3-11H2,1-2H3,(H,15,19)(H,17,18). The molecule has 1 fully saturated rings. The van der Waals surface area contributed by atoms with Gasteiger partial charge in [-0.1, -0.05) is 13.3 Å². The first-order chi connectivity index (χ1) is 9.49. The van der Waals surface area contributed by atoms with E-state index in [0.717, 1.165) is 19.4 Å². The minimum atomic E-state index is -0.776. The number of carbonyl (C=O) groups excluding carboxylic acids is 1. The summed E-state index contributed by atoms with van der Waals surface area (Å²) in [5.74, 6) is -0.776. The lowest BCUT2D eigenvalue weighted by Crippen LogP contribution is -2.49. The van der Waals surface area contributed by atoms with E-state index in [1.54, 1.807) is 11.8 Å². The number of aliphatic carboxylic acids is 1. The second-order valence-corrected chi connectivity index (χ2v) is 5.55. The summed E-state index contributed by atoms with van der Waals surface area (Å²) in [7, 11) is 0. The minimum Gasteiger partial charge on any atom is -0.481 e. The molecule has 2 amide bonds. The molecule has 0 atom stereocenters. The maximum Gasteiger partial charge on any atom is 0.317 e. The van der Waals surface area contributed by atoms with Crippen LogP contribution in [0.2, 0.25) is 0 Å². The average Bonchev–Trinajstić information content (AvgIpc) is 2.43. The topological polar surface area (TPSA) is 78.9 Å². The molecule has 116 valence electrons. The van der Waals surface area contributed by atoms with Crippen molar-refractivity contribution in [2.45, 2.75) is 39.5 Å². The Kier molecular flexibility index (Phi) is 6.78. The Morgan fingerprint density at radius 1 is 1.30 bits per heavy atom. The number of carboxylic acid groups (broad SMARTS) is 1. The van der Waals surface area contributed by atoms with Gasteiger partial charge in [-0.2, -0.15) is 0 Å². The summed E-state index contributed by atoms with van der Waals surface area (Å²) in [6, 6.07) is -0.128. The van der Waals surface area contributed by atoms with E-state index in [4.69, 9.17) is 9.84 Å². The maximum absolute atomic E-state index is 11.9. The number of rotatable bonds is 7. The number of hydrogen-bond donors (Lipinski definition) is 2. The van der Waals surface area contributed by atoms with Crippen molar-refractivity contribution in [1.29, 1.82) is 0 Å². The zero-order chi connectivity index (χ0) is 15.0. The number of nitrogens with zero attached hydrogens (tertiary/aromatic N) is 1. The Morgan fingerprint density at radius 3 is 2.50 bits per heavy atom. The van der Waals surface area contributed by atoms with Gasteiger partial charge in [-0.3, -0.25) is 4.79 Å². The van der Waals surface area contributed by atoms with E-state index in [1.165, 1.54) is 0 Å². The smallest absolute Gasteiger partial charge is 0.317 e. The van der Waals surface area contributed by atoms with E-state index in [2.05, 4.69) is 12.2 Å². The molecule has 0 saturated carbocycles. The lowest BCUT2D eigenvalue weighted by Gasteiger charge is -2.36. The van der Waals surface area contributed by atoms with Crippen molar-refractivity contribution < 1.29 is 19.4 Å². The van der Waals surface area contributed by atoms with Gasteiger partial charge >= 0.3 is 12.0 Å². The largest absolute Gasteiger partial charge is 0.481 e. The van der Waals surface area contributed by atoms with Gasteiger partial charge in [-0.05, 0) is 26.2 Å². The highest BCUT2D eigenvalue weighted by molar-refractivity contribution is 5.76. The summed E-state index contributed by atoms with van der Waals surface area (Å²) < 4.78 is 5.37. The first-order valence-corrected chi connectivity index (χ1v) is 7.33. The monoisotopic (exact) mass is 286 g/mol. The van der Waals surface area contributed by atoms with E-state index in [1.807, 2.05) is 0 Å². The molecule has 0 bridgehead atoms. The third kappa shape index (κ3) is 5.00. The van der Waals surface area contributed by atoms with E-state index in [9.17, 15) is 9.59 Å². The van der Waals surface area contributed by atoms with E-state index >= 15 is 0 Å². The zero-order valence-electron chi connectivity index (χ0n) is 12.5. The SMILES string of the molecule is CCCCOCCNC(=O)N1CCC(C)(C(=O)O)CC1. The van der Waals surface area contributed by atoms with Gasteiger partial charge < -0.3 is 20.1 Å². The molecular formula is C14H26N2O4. The fourth-order valence-electron chi connectivity index (χ4n) is 2.11. The molecule has 1 saturated heterocycles. The van der Waals surface area contributed by atoms with Crippen molar-refractivity contribution in [3.63, 3.8) is 0 Å². The molecule has 6 heteroatoms. The van der Waals surface area contributed by atoms with Crippen LogP contribution in [0.1, 0.15) is 39.5 Å². The molecule has 0 aromatic heterocycles. The van der Waals surface area contributed by atoms with Crippen LogP contribution in [-0.4, -0.2) is 54.9 Å². The van der Waals surface area contributed by atoms with Gasteiger partial charge in [0, 0.05) is 26.2 Å². The minimum absolute atomic E-state index is 0.128. The average molecular weight is 286 g/mol. The Morgan fingerprint density at radius 2 is 1.95 bits per heavy atom. The molecular weight excluding hydrogens is 260 g/mol. The fourth-order valence-corrected chi connectivity index (χ4v) is 2.11. The molecule has 1 aliphatic rings. The summed E-state index contributed by atoms with van der Waals surface area (Å²) in [5.41, 5.74) is -0.694. The van der Waals surface area contributed by atoms with Crippen LogP contribution in [0, 0.1) is 5.41 Å². The summed E-state index contributed by atoms with van der Waals surface area (Å²) in [6.07, 6.45) is 3.14. The third-order valence-electron chi connectivity index (χ3n) is 3.84. The lowest BCUT2D eigenvalue weighted by atomic mass is 9.80. The molecule has 0 aromatic rings. The first-order valence-electron chi connectivity index (χ1n) is 7.33. The highest BCUT2D eigenvalue weighted by Gasteiger charge is 2.37. The molecule has 0 radical (unpaired) electrons. The number of urea groups is 1. The number of likely N-dealkylation sites (tertiary alicyclic amines) is 1. The number of hydrogen-bond acceptors (Lipinski definition) is 3. The summed E-state index contributed by atoms with van der Waals surface area (Å²) in [6.45, 7) is 6.57. The predicted octanol–water partition coefficient (Wildman–Crippen LogP) is 1.70. The molecule has 1 rings (SSSR count). The predicted molar refractivity (Wildman–Crippen MR) is 75.7 cm³/mol. The second-order valence-electron chi connectivity index (χ2n) is 5.55. The van der Waals surface area contributed by atoms with Crippen molar-refractivity contribution in [3.05, 3.63) is 0 Å². The van der Waals surface area contributed by atoms with Gasteiger partial charge in [0.1, 0.15) is 0 Å². The molecule has 20 heavy (non-hydrogen) atoms. The highest BCUT2D eigenvalue weighted by atomic mass is 16.5. The van der Waals surface area contributed by atoms with Crippen LogP contribution in [0.25, 0.3) is 0 Å². The number of carbonyl (C=O) groups is 2. The first kappa shape index (κ1) is 16.8. The molecule has 0 spiro atoms. The molecule has 0 aromatic carbocycles. The van der Waals surface area contributed by atoms with Gasteiger partial charge in [0.15, 0.2) is 0 Å². The van der Waals surface area contributed by atoms with Gasteiger partial charge in [-0.15, -0.1) is 0 Å². The Bertz CT molecular complexity index is 325. The van der Waals surface area contributed by atoms with Crippen molar-refractivity contribution in [2.24, 2.45) is 5.41 Å². The number of ether oxygens (including phenoxy) is 1. The van der Waals surface area contributed by atoms with Crippen molar-refractivity contribution in [2.75, 3.05) is 32.8 Å². The molecule has 1 aliphatic heterocycles. The highest BCUT2D eigenvalue weighted by Crippen LogP contribution is 2.30. The van der Waals surface area contributed by atoms with Gasteiger partial charge in [-0.25, -0.2) is 4.79 Å². The Labute approximate surface area is 120 Å². The molecule has 6 nitrogen and oxygen atoms in total. The van der Waals surface area contributed by atoms with Crippen molar-refractivity contribution >= 4 is 12.0 Å². The van der Waals surface area contributed by atoms with E-state index < -0.39 is 11.4 Å².